The average molecular weight is 464 g/mol. The first-order chi connectivity index (χ1) is 16.1. The number of nitrogens with zero attached hydrogens (tertiary/aromatic N) is 1. The summed E-state index contributed by atoms with van der Waals surface area (Å²) in [5.41, 5.74) is 2.29. The van der Waals surface area contributed by atoms with Gasteiger partial charge in [0.15, 0.2) is 0 Å². The van der Waals surface area contributed by atoms with Crippen LogP contribution < -0.4 is 10.6 Å². The summed E-state index contributed by atoms with van der Waals surface area (Å²) < 4.78 is 5.40. The van der Waals surface area contributed by atoms with Gasteiger partial charge in [-0.25, -0.2) is 0 Å². The Labute approximate surface area is 196 Å². The Morgan fingerprint density at radius 3 is 2.58 bits per heavy atom. The monoisotopic (exact) mass is 463 g/mol. The fourth-order valence-corrected chi connectivity index (χ4v) is 4.78. The molecule has 1 aliphatic heterocycles. The highest BCUT2D eigenvalue weighted by Crippen LogP contribution is 2.39. The van der Waals surface area contributed by atoms with Crippen molar-refractivity contribution in [3.05, 3.63) is 89.4 Å². The summed E-state index contributed by atoms with van der Waals surface area (Å²) in [6.45, 7) is 2.96. The molecule has 4 rings (SSSR count). The third kappa shape index (κ3) is 5.28. The highest BCUT2D eigenvalue weighted by atomic mass is 32.2. The standard InChI is InChI=1S/C25H25N3O4S/c1-2-13-26-24(31)20-7-3-4-8-21(20)27-23(30)17-9-11-18(12-10-17)25-28(22(29)16-33-25)15-19-6-5-14-32-19/h3-12,14,25H,2,13,15-16H2,1H3,(H,26,31)(H,27,30). The van der Waals surface area contributed by atoms with Crippen molar-refractivity contribution < 1.29 is 18.8 Å². The number of nitrogens with one attached hydrogen (secondary N) is 2. The van der Waals surface area contributed by atoms with Gasteiger partial charge in [-0.3, -0.25) is 14.4 Å². The molecule has 0 spiro atoms. The lowest BCUT2D eigenvalue weighted by Crippen LogP contribution is -2.27. The van der Waals surface area contributed by atoms with Crippen molar-refractivity contribution in [3.8, 4) is 0 Å². The van der Waals surface area contributed by atoms with E-state index in [1.54, 1.807) is 65.4 Å². The number of furan rings is 1. The van der Waals surface area contributed by atoms with Crippen LogP contribution in [0, 0.1) is 0 Å². The molecule has 0 aliphatic carbocycles. The molecule has 1 fully saturated rings. The Bertz CT molecular complexity index is 1130. The van der Waals surface area contributed by atoms with Crippen LogP contribution in [0.25, 0.3) is 0 Å². The summed E-state index contributed by atoms with van der Waals surface area (Å²) in [6.07, 6.45) is 2.42. The van der Waals surface area contributed by atoms with E-state index < -0.39 is 0 Å². The molecule has 1 unspecified atom stereocenters. The minimum absolute atomic E-state index is 0.0566. The topological polar surface area (TPSA) is 91.7 Å². The first kappa shape index (κ1) is 22.7. The van der Waals surface area contributed by atoms with E-state index in [-0.39, 0.29) is 23.1 Å². The van der Waals surface area contributed by atoms with Crippen molar-refractivity contribution in [2.45, 2.75) is 25.3 Å². The molecule has 3 amide bonds. The molecule has 8 heteroatoms. The predicted octanol–water partition coefficient (Wildman–Crippen LogP) is 4.45. The Morgan fingerprint density at radius 2 is 1.85 bits per heavy atom. The largest absolute Gasteiger partial charge is 0.467 e. The molecule has 33 heavy (non-hydrogen) atoms. The SMILES string of the molecule is CCCNC(=O)c1ccccc1NC(=O)c1ccc(C2SCC(=O)N2Cc2ccco2)cc1. The average Bonchev–Trinajstić information content (AvgIpc) is 3.48. The normalized spacial score (nSPS) is 15.5. The molecule has 3 aromatic rings. The van der Waals surface area contributed by atoms with Gasteiger partial charge in [0, 0.05) is 12.1 Å². The molecular weight excluding hydrogens is 438 g/mol. The molecular formula is C25H25N3O4S. The van der Waals surface area contributed by atoms with Gasteiger partial charge in [0.25, 0.3) is 11.8 Å². The van der Waals surface area contributed by atoms with Crippen molar-refractivity contribution >= 4 is 35.2 Å². The van der Waals surface area contributed by atoms with Gasteiger partial charge in [-0.1, -0.05) is 31.2 Å². The minimum Gasteiger partial charge on any atom is -0.467 e. The van der Waals surface area contributed by atoms with E-state index in [1.807, 2.05) is 25.1 Å². The number of para-hydroxylation sites is 1. The van der Waals surface area contributed by atoms with E-state index in [1.165, 1.54) is 0 Å². The molecule has 1 atom stereocenters. The van der Waals surface area contributed by atoms with Gasteiger partial charge in [0.1, 0.15) is 11.1 Å². The number of rotatable bonds is 8. The van der Waals surface area contributed by atoms with Gasteiger partial charge in [0.2, 0.25) is 5.91 Å². The Balaban J connectivity index is 1.46. The first-order valence-corrected chi connectivity index (χ1v) is 11.8. The van der Waals surface area contributed by atoms with Crippen LogP contribution in [0.4, 0.5) is 5.69 Å². The fraction of sp³-hybridized carbons (Fsp3) is 0.240. The number of hydrogen-bond donors (Lipinski definition) is 2. The smallest absolute Gasteiger partial charge is 0.255 e. The zero-order valence-electron chi connectivity index (χ0n) is 18.2. The number of benzene rings is 2. The third-order valence-electron chi connectivity index (χ3n) is 5.29. The first-order valence-electron chi connectivity index (χ1n) is 10.8. The molecule has 0 bridgehead atoms. The molecule has 1 saturated heterocycles. The van der Waals surface area contributed by atoms with E-state index in [2.05, 4.69) is 10.6 Å². The number of amides is 3. The van der Waals surface area contributed by atoms with E-state index in [0.717, 1.165) is 17.7 Å². The van der Waals surface area contributed by atoms with E-state index in [9.17, 15) is 14.4 Å². The molecule has 1 aliphatic rings. The van der Waals surface area contributed by atoms with Crippen LogP contribution in [-0.4, -0.2) is 34.9 Å². The van der Waals surface area contributed by atoms with Crippen molar-refractivity contribution in [2.75, 3.05) is 17.6 Å². The van der Waals surface area contributed by atoms with Gasteiger partial charge in [-0.15, -0.1) is 11.8 Å². The molecule has 2 heterocycles. The second-order valence-electron chi connectivity index (χ2n) is 7.64. The number of hydrogen-bond acceptors (Lipinski definition) is 5. The lowest BCUT2D eigenvalue weighted by Gasteiger charge is -2.23. The summed E-state index contributed by atoms with van der Waals surface area (Å²) >= 11 is 1.55. The van der Waals surface area contributed by atoms with Crippen molar-refractivity contribution in [3.63, 3.8) is 0 Å². The van der Waals surface area contributed by atoms with Gasteiger partial charge in [-0.2, -0.15) is 0 Å². The van der Waals surface area contributed by atoms with Crippen LogP contribution in [0.3, 0.4) is 0 Å². The van der Waals surface area contributed by atoms with Crippen LogP contribution >= 0.6 is 11.8 Å². The van der Waals surface area contributed by atoms with E-state index >= 15 is 0 Å². The van der Waals surface area contributed by atoms with Crippen LogP contribution in [0.1, 0.15) is 50.8 Å². The zero-order chi connectivity index (χ0) is 23.2. The summed E-state index contributed by atoms with van der Waals surface area (Å²) in [4.78, 5) is 39.4. The summed E-state index contributed by atoms with van der Waals surface area (Å²) in [7, 11) is 0. The number of anilines is 1. The van der Waals surface area contributed by atoms with Crippen LogP contribution in [0.5, 0.6) is 0 Å². The van der Waals surface area contributed by atoms with Crippen LogP contribution in [0.15, 0.2) is 71.3 Å². The lowest BCUT2D eigenvalue weighted by molar-refractivity contribution is -0.128. The zero-order valence-corrected chi connectivity index (χ0v) is 19.1. The lowest BCUT2D eigenvalue weighted by atomic mass is 10.1. The second kappa shape index (κ2) is 10.4. The second-order valence-corrected chi connectivity index (χ2v) is 8.71. The highest BCUT2D eigenvalue weighted by molar-refractivity contribution is 8.00. The molecule has 7 nitrogen and oxygen atoms in total. The quantitative estimate of drug-likeness (QED) is 0.515. The van der Waals surface area contributed by atoms with E-state index in [0.29, 0.717) is 35.7 Å². The van der Waals surface area contributed by atoms with Crippen molar-refractivity contribution in [1.82, 2.24) is 10.2 Å². The van der Waals surface area contributed by atoms with Gasteiger partial charge >= 0.3 is 0 Å². The molecule has 1 aromatic heterocycles. The van der Waals surface area contributed by atoms with Crippen molar-refractivity contribution in [1.29, 1.82) is 0 Å². The highest BCUT2D eigenvalue weighted by Gasteiger charge is 2.33. The van der Waals surface area contributed by atoms with Crippen LogP contribution in [-0.2, 0) is 11.3 Å². The van der Waals surface area contributed by atoms with Gasteiger partial charge < -0.3 is 20.0 Å². The molecule has 2 aromatic carbocycles. The Kier molecular flexibility index (Phi) is 7.14. The molecule has 170 valence electrons. The number of carbonyl (C=O) groups excluding carboxylic acids is 3. The van der Waals surface area contributed by atoms with Gasteiger partial charge in [0.05, 0.1) is 29.8 Å². The minimum atomic E-state index is -0.306. The third-order valence-corrected chi connectivity index (χ3v) is 6.54. The Morgan fingerprint density at radius 1 is 1.06 bits per heavy atom. The molecule has 0 saturated carbocycles. The van der Waals surface area contributed by atoms with Crippen LogP contribution in [0.2, 0.25) is 0 Å². The summed E-state index contributed by atoms with van der Waals surface area (Å²) in [6, 6.07) is 17.8. The predicted molar refractivity (Wildman–Crippen MR) is 128 cm³/mol. The maximum absolute atomic E-state index is 12.8. The summed E-state index contributed by atoms with van der Waals surface area (Å²) in [5, 5.41) is 5.53. The fourth-order valence-electron chi connectivity index (χ4n) is 3.59. The molecule has 0 radical (unpaired) electrons. The maximum Gasteiger partial charge on any atom is 0.255 e. The number of thioether (sulfide) groups is 1. The molecule has 2 N–H and O–H groups in total. The Hall–Kier alpha value is -3.52. The van der Waals surface area contributed by atoms with Crippen molar-refractivity contribution in [2.24, 2.45) is 0 Å². The van der Waals surface area contributed by atoms with E-state index in [4.69, 9.17) is 4.42 Å². The van der Waals surface area contributed by atoms with Gasteiger partial charge in [-0.05, 0) is 48.4 Å². The summed E-state index contributed by atoms with van der Waals surface area (Å²) in [5.74, 6) is 0.669. The maximum atomic E-state index is 12.8. The number of carbonyl (C=O) groups is 3.